The Balaban J connectivity index is 1.41. The van der Waals surface area contributed by atoms with E-state index in [-0.39, 0.29) is 11.8 Å². The summed E-state index contributed by atoms with van der Waals surface area (Å²) in [5.74, 6) is -0.0818. The third-order valence-electron chi connectivity index (χ3n) is 4.54. The van der Waals surface area contributed by atoms with Crippen LogP contribution in [-0.2, 0) is 4.79 Å². The number of nitrogens with one attached hydrogen (secondary N) is 1. The number of nitrogens with zero attached hydrogens (tertiary/aromatic N) is 1. The van der Waals surface area contributed by atoms with E-state index in [0.29, 0.717) is 30.1 Å². The molecule has 0 spiro atoms. The van der Waals surface area contributed by atoms with Gasteiger partial charge in [-0.25, -0.2) is 0 Å². The zero-order valence-electron chi connectivity index (χ0n) is 14.0. The maximum atomic E-state index is 12.7. The predicted octanol–water partition coefficient (Wildman–Crippen LogP) is 4.87. The average Bonchev–Trinajstić information content (AvgIpc) is 2.90. The third kappa shape index (κ3) is 3.04. The van der Waals surface area contributed by atoms with Crippen molar-refractivity contribution in [2.24, 2.45) is 0 Å². The molecule has 0 saturated carbocycles. The van der Waals surface area contributed by atoms with Crippen molar-refractivity contribution in [1.29, 1.82) is 0 Å². The fourth-order valence-corrected chi connectivity index (χ4v) is 3.58. The van der Waals surface area contributed by atoms with E-state index in [9.17, 15) is 9.59 Å². The molecule has 1 aliphatic rings. The van der Waals surface area contributed by atoms with Gasteiger partial charge < -0.3 is 10.2 Å². The standard InChI is InChI=1S/C21H17ClN2O2/c22-15-7-3-8-16(13-15)23-19(25)11-4-12-24-18-10-2-6-14-5-1-9-17(20(14)18)21(24)26/h1-3,5-10,13H,4,11-12H2,(H,23,25). The highest BCUT2D eigenvalue weighted by Gasteiger charge is 2.28. The summed E-state index contributed by atoms with van der Waals surface area (Å²) in [6, 6.07) is 18.8. The minimum absolute atomic E-state index is 0.00653. The van der Waals surface area contributed by atoms with Gasteiger partial charge in [0.05, 0.1) is 5.69 Å². The molecule has 0 atom stereocenters. The summed E-state index contributed by atoms with van der Waals surface area (Å²) in [6.07, 6.45) is 0.922. The second kappa shape index (κ2) is 6.81. The molecule has 1 aliphatic heterocycles. The molecule has 0 fully saturated rings. The SMILES string of the molecule is O=C(CCCN1C(=O)c2cccc3cccc1c23)Nc1cccc(Cl)c1. The van der Waals surface area contributed by atoms with Gasteiger partial charge in [0.2, 0.25) is 5.91 Å². The van der Waals surface area contributed by atoms with Gasteiger partial charge in [0, 0.05) is 34.6 Å². The van der Waals surface area contributed by atoms with Gasteiger partial charge >= 0.3 is 0 Å². The predicted molar refractivity (Wildman–Crippen MR) is 105 cm³/mol. The van der Waals surface area contributed by atoms with Crippen LogP contribution in [0.5, 0.6) is 0 Å². The van der Waals surface area contributed by atoms with Gasteiger partial charge in [-0.2, -0.15) is 0 Å². The summed E-state index contributed by atoms with van der Waals surface area (Å²) in [6.45, 7) is 0.510. The Labute approximate surface area is 156 Å². The first-order valence-corrected chi connectivity index (χ1v) is 8.90. The van der Waals surface area contributed by atoms with E-state index in [1.54, 1.807) is 29.2 Å². The topological polar surface area (TPSA) is 49.4 Å². The highest BCUT2D eigenvalue weighted by atomic mass is 35.5. The third-order valence-corrected chi connectivity index (χ3v) is 4.78. The molecule has 4 nitrogen and oxygen atoms in total. The van der Waals surface area contributed by atoms with Gasteiger partial charge in [-0.15, -0.1) is 0 Å². The van der Waals surface area contributed by atoms with E-state index in [0.717, 1.165) is 22.0 Å². The van der Waals surface area contributed by atoms with Crippen molar-refractivity contribution < 1.29 is 9.59 Å². The van der Waals surface area contributed by atoms with E-state index in [1.807, 2.05) is 36.4 Å². The van der Waals surface area contributed by atoms with E-state index < -0.39 is 0 Å². The molecule has 1 N–H and O–H groups in total. The molecule has 3 aromatic rings. The van der Waals surface area contributed by atoms with Crippen LogP contribution < -0.4 is 10.2 Å². The number of amides is 2. The van der Waals surface area contributed by atoms with E-state index in [1.165, 1.54) is 0 Å². The van der Waals surface area contributed by atoms with Crippen molar-refractivity contribution in [2.45, 2.75) is 12.8 Å². The number of hydrogen-bond acceptors (Lipinski definition) is 2. The molecule has 0 radical (unpaired) electrons. The molecule has 5 heteroatoms. The highest BCUT2D eigenvalue weighted by molar-refractivity contribution is 6.31. The van der Waals surface area contributed by atoms with Gasteiger partial charge in [0.25, 0.3) is 5.91 Å². The van der Waals surface area contributed by atoms with Gasteiger partial charge in [0.1, 0.15) is 0 Å². The second-order valence-electron chi connectivity index (χ2n) is 6.30. The number of hydrogen-bond donors (Lipinski definition) is 1. The molecular weight excluding hydrogens is 348 g/mol. The maximum absolute atomic E-state index is 12.7. The van der Waals surface area contributed by atoms with Gasteiger partial charge in [-0.05, 0) is 42.1 Å². The summed E-state index contributed by atoms with van der Waals surface area (Å²) in [4.78, 5) is 26.6. The van der Waals surface area contributed by atoms with Crippen LogP contribution in [0.15, 0.2) is 60.7 Å². The molecule has 0 aromatic heterocycles. The molecule has 0 aliphatic carbocycles. The first-order valence-electron chi connectivity index (χ1n) is 8.52. The number of carbonyl (C=O) groups excluding carboxylic acids is 2. The molecule has 3 aromatic carbocycles. The van der Waals surface area contributed by atoms with Crippen molar-refractivity contribution in [3.63, 3.8) is 0 Å². The number of rotatable bonds is 5. The van der Waals surface area contributed by atoms with Crippen LogP contribution >= 0.6 is 11.6 Å². The fraction of sp³-hybridized carbons (Fsp3) is 0.143. The molecule has 4 rings (SSSR count). The van der Waals surface area contributed by atoms with E-state index in [4.69, 9.17) is 11.6 Å². The Kier molecular flexibility index (Phi) is 4.35. The van der Waals surface area contributed by atoms with Gasteiger partial charge in [-0.1, -0.05) is 41.9 Å². The fourth-order valence-electron chi connectivity index (χ4n) is 3.39. The summed E-state index contributed by atoms with van der Waals surface area (Å²) in [7, 11) is 0. The Morgan fingerprint density at radius 1 is 1.04 bits per heavy atom. The van der Waals surface area contributed by atoms with Crippen molar-refractivity contribution in [1.82, 2.24) is 0 Å². The lowest BCUT2D eigenvalue weighted by Gasteiger charge is -2.17. The lowest BCUT2D eigenvalue weighted by atomic mass is 10.1. The summed E-state index contributed by atoms with van der Waals surface area (Å²) in [5, 5.41) is 5.48. The summed E-state index contributed by atoms with van der Waals surface area (Å²) >= 11 is 5.92. The minimum Gasteiger partial charge on any atom is -0.326 e. The molecule has 0 bridgehead atoms. The quantitative estimate of drug-likeness (QED) is 0.702. The minimum atomic E-state index is -0.0883. The van der Waals surface area contributed by atoms with Crippen molar-refractivity contribution in [3.05, 3.63) is 71.2 Å². The van der Waals surface area contributed by atoms with Crippen LogP contribution in [0.25, 0.3) is 10.8 Å². The van der Waals surface area contributed by atoms with E-state index in [2.05, 4.69) is 5.32 Å². The van der Waals surface area contributed by atoms with Crippen molar-refractivity contribution in [3.8, 4) is 0 Å². The van der Waals surface area contributed by atoms with Crippen LogP contribution in [0.2, 0.25) is 5.02 Å². The molecule has 1 heterocycles. The maximum Gasteiger partial charge on any atom is 0.258 e. The van der Waals surface area contributed by atoms with Crippen LogP contribution in [0.3, 0.4) is 0 Å². The number of carbonyl (C=O) groups is 2. The molecule has 26 heavy (non-hydrogen) atoms. The Morgan fingerprint density at radius 3 is 2.62 bits per heavy atom. The molecular formula is C21H17ClN2O2. The summed E-state index contributed by atoms with van der Waals surface area (Å²) in [5.41, 5.74) is 2.34. The number of halogens is 1. The van der Waals surface area contributed by atoms with Gasteiger partial charge in [-0.3, -0.25) is 9.59 Å². The molecule has 130 valence electrons. The Bertz CT molecular complexity index is 1010. The van der Waals surface area contributed by atoms with Crippen molar-refractivity contribution in [2.75, 3.05) is 16.8 Å². The molecule has 0 unspecified atom stereocenters. The van der Waals surface area contributed by atoms with Crippen molar-refractivity contribution >= 4 is 45.6 Å². The zero-order valence-corrected chi connectivity index (χ0v) is 14.8. The van der Waals surface area contributed by atoms with Gasteiger partial charge in [0.15, 0.2) is 0 Å². The molecule has 0 saturated heterocycles. The van der Waals surface area contributed by atoms with E-state index >= 15 is 0 Å². The second-order valence-corrected chi connectivity index (χ2v) is 6.74. The first-order chi connectivity index (χ1) is 12.6. The first kappa shape index (κ1) is 16.6. The monoisotopic (exact) mass is 364 g/mol. The Morgan fingerprint density at radius 2 is 1.81 bits per heavy atom. The Hall–Kier alpha value is -2.85. The lowest BCUT2D eigenvalue weighted by molar-refractivity contribution is -0.116. The van der Waals surface area contributed by atoms with Crippen LogP contribution in [0.4, 0.5) is 11.4 Å². The normalized spacial score (nSPS) is 12.7. The largest absolute Gasteiger partial charge is 0.326 e. The number of benzene rings is 3. The van der Waals surface area contributed by atoms with Crippen LogP contribution in [0, 0.1) is 0 Å². The van der Waals surface area contributed by atoms with Crippen LogP contribution in [0.1, 0.15) is 23.2 Å². The summed E-state index contributed by atoms with van der Waals surface area (Å²) < 4.78 is 0. The zero-order chi connectivity index (χ0) is 18.1. The average molecular weight is 365 g/mol. The lowest BCUT2D eigenvalue weighted by Crippen LogP contribution is -2.28. The molecule has 2 amide bonds. The number of anilines is 2. The highest BCUT2D eigenvalue weighted by Crippen LogP contribution is 2.37. The van der Waals surface area contributed by atoms with Crippen LogP contribution in [-0.4, -0.2) is 18.4 Å². The smallest absolute Gasteiger partial charge is 0.258 e.